The van der Waals surface area contributed by atoms with Crippen molar-refractivity contribution in [1.82, 2.24) is 15.0 Å². The van der Waals surface area contributed by atoms with Gasteiger partial charge in [-0.25, -0.2) is 9.97 Å². The van der Waals surface area contributed by atoms with Crippen LogP contribution in [0.5, 0.6) is 0 Å². The molecule has 2 N–H and O–H groups in total. The van der Waals surface area contributed by atoms with E-state index in [-0.39, 0.29) is 12.4 Å². The number of aliphatic carboxylic acids is 1. The SMILES string of the molecule is Cc1cc(Nc2nccc(C(F)(F)F)n2)cc(-c2ccc(CC(=O)O)nc2)c1. The van der Waals surface area contributed by atoms with Crippen LogP contribution in [0.15, 0.2) is 48.8 Å². The summed E-state index contributed by atoms with van der Waals surface area (Å²) in [5.41, 5.74) is 2.29. The number of halogens is 3. The molecule has 6 nitrogen and oxygen atoms in total. The second-order valence-corrected chi connectivity index (χ2v) is 6.08. The molecule has 0 atom stereocenters. The van der Waals surface area contributed by atoms with Crippen molar-refractivity contribution in [3.63, 3.8) is 0 Å². The Kier molecular flexibility index (Phi) is 5.25. The van der Waals surface area contributed by atoms with Gasteiger partial charge in [0.05, 0.1) is 12.1 Å². The zero-order valence-corrected chi connectivity index (χ0v) is 14.7. The van der Waals surface area contributed by atoms with E-state index in [0.29, 0.717) is 11.4 Å². The normalized spacial score (nSPS) is 11.3. The summed E-state index contributed by atoms with van der Waals surface area (Å²) in [4.78, 5) is 22.2. The fourth-order valence-electron chi connectivity index (χ4n) is 2.58. The van der Waals surface area contributed by atoms with Gasteiger partial charge in [0, 0.05) is 23.6 Å². The molecule has 28 heavy (non-hydrogen) atoms. The zero-order valence-electron chi connectivity index (χ0n) is 14.7. The molecule has 9 heteroatoms. The van der Waals surface area contributed by atoms with Crippen molar-refractivity contribution in [2.75, 3.05) is 5.32 Å². The summed E-state index contributed by atoms with van der Waals surface area (Å²) in [7, 11) is 0. The first kappa shape index (κ1) is 19.3. The fraction of sp³-hybridized carbons (Fsp3) is 0.158. The van der Waals surface area contributed by atoms with Crippen molar-refractivity contribution >= 4 is 17.6 Å². The van der Waals surface area contributed by atoms with Gasteiger partial charge in [0.2, 0.25) is 5.95 Å². The number of alkyl halides is 3. The maximum absolute atomic E-state index is 12.8. The summed E-state index contributed by atoms with van der Waals surface area (Å²) >= 11 is 0. The Morgan fingerprint density at radius 3 is 2.54 bits per heavy atom. The van der Waals surface area contributed by atoms with Gasteiger partial charge in [-0.1, -0.05) is 12.1 Å². The molecule has 0 radical (unpaired) electrons. The molecule has 0 aliphatic carbocycles. The zero-order chi connectivity index (χ0) is 20.3. The lowest BCUT2D eigenvalue weighted by Gasteiger charge is -2.11. The number of anilines is 2. The molecule has 0 amide bonds. The molecule has 0 bridgehead atoms. The third-order valence-electron chi connectivity index (χ3n) is 3.77. The number of benzene rings is 1. The minimum absolute atomic E-state index is 0.165. The van der Waals surface area contributed by atoms with Crippen molar-refractivity contribution in [2.45, 2.75) is 19.5 Å². The number of aromatic nitrogens is 3. The van der Waals surface area contributed by atoms with Crippen LogP contribution in [0.3, 0.4) is 0 Å². The van der Waals surface area contributed by atoms with E-state index in [2.05, 4.69) is 20.3 Å². The molecular formula is C19H15F3N4O2. The van der Waals surface area contributed by atoms with E-state index in [1.807, 2.05) is 13.0 Å². The minimum Gasteiger partial charge on any atom is -0.481 e. The highest BCUT2D eigenvalue weighted by Gasteiger charge is 2.32. The van der Waals surface area contributed by atoms with E-state index in [4.69, 9.17) is 5.11 Å². The van der Waals surface area contributed by atoms with Crippen LogP contribution in [-0.4, -0.2) is 26.0 Å². The molecule has 0 saturated heterocycles. The van der Waals surface area contributed by atoms with Crippen LogP contribution in [0, 0.1) is 6.92 Å². The van der Waals surface area contributed by atoms with E-state index in [1.165, 1.54) is 0 Å². The second kappa shape index (κ2) is 7.63. The van der Waals surface area contributed by atoms with E-state index in [0.717, 1.165) is 29.0 Å². The summed E-state index contributed by atoms with van der Waals surface area (Å²) < 4.78 is 38.4. The summed E-state index contributed by atoms with van der Waals surface area (Å²) in [5.74, 6) is -1.13. The molecule has 1 aromatic carbocycles. The van der Waals surface area contributed by atoms with Gasteiger partial charge in [-0.05, 0) is 42.3 Å². The fourth-order valence-corrected chi connectivity index (χ4v) is 2.58. The number of carboxylic acid groups (broad SMARTS) is 1. The topological polar surface area (TPSA) is 88.0 Å². The molecular weight excluding hydrogens is 373 g/mol. The first-order valence-electron chi connectivity index (χ1n) is 8.17. The summed E-state index contributed by atoms with van der Waals surface area (Å²) in [5, 5.41) is 11.6. The Hall–Kier alpha value is -3.49. The van der Waals surface area contributed by atoms with Gasteiger partial charge in [0.25, 0.3) is 0 Å². The average Bonchev–Trinajstić information content (AvgIpc) is 2.61. The molecule has 2 aromatic heterocycles. The molecule has 0 aliphatic rings. The molecule has 3 aromatic rings. The molecule has 0 saturated carbocycles. The second-order valence-electron chi connectivity index (χ2n) is 6.08. The summed E-state index contributed by atoms with van der Waals surface area (Å²) in [6.45, 7) is 1.84. The van der Waals surface area contributed by atoms with Crippen molar-refractivity contribution in [1.29, 1.82) is 0 Å². The first-order chi connectivity index (χ1) is 13.2. The van der Waals surface area contributed by atoms with E-state index in [9.17, 15) is 18.0 Å². The van der Waals surface area contributed by atoms with Crippen molar-refractivity contribution < 1.29 is 23.1 Å². The Morgan fingerprint density at radius 1 is 1.11 bits per heavy atom. The first-order valence-corrected chi connectivity index (χ1v) is 8.17. The molecule has 2 heterocycles. The van der Waals surface area contributed by atoms with Gasteiger partial charge in [0.15, 0.2) is 0 Å². The highest BCUT2D eigenvalue weighted by atomic mass is 19.4. The van der Waals surface area contributed by atoms with Crippen molar-refractivity contribution in [2.24, 2.45) is 0 Å². The number of nitrogens with one attached hydrogen (secondary N) is 1. The lowest BCUT2D eigenvalue weighted by Crippen LogP contribution is -2.10. The number of carbonyl (C=O) groups is 1. The van der Waals surface area contributed by atoms with Crippen LogP contribution in [0.1, 0.15) is 17.0 Å². The standard InChI is InChI=1S/C19H15F3N4O2/c1-11-6-13(12-2-3-14(24-10-12)9-17(27)28)8-15(7-11)25-18-23-5-4-16(26-18)19(20,21)22/h2-8,10H,9H2,1H3,(H,27,28)(H,23,25,26). The maximum atomic E-state index is 12.8. The summed E-state index contributed by atoms with van der Waals surface area (Å²) in [6, 6.07) is 9.52. The van der Waals surface area contributed by atoms with Gasteiger partial charge >= 0.3 is 12.1 Å². The predicted octanol–water partition coefficient (Wildman–Crippen LogP) is 4.24. The third kappa shape index (κ3) is 4.81. The van der Waals surface area contributed by atoms with Crippen LogP contribution in [0.4, 0.5) is 24.8 Å². The van der Waals surface area contributed by atoms with Crippen LogP contribution in [-0.2, 0) is 17.4 Å². The van der Waals surface area contributed by atoms with E-state index < -0.39 is 17.8 Å². The van der Waals surface area contributed by atoms with Gasteiger partial charge in [-0.3, -0.25) is 9.78 Å². The summed E-state index contributed by atoms with van der Waals surface area (Å²) in [6.07, 6.45) is -2.13. The molecule has 0 unspecified atom stereocenters. The van der Waals surface area contributed by atoms with E-state index >= 15 is 0 Å². The Balaban J connectivity index is 1.87. The number of pyridine rings is 1. The predicted molar refractivity (Wildman–Crippen MR) is 96.1 cm³/mol. The lowest BCUT2D eigenvalue weighted by molar-refractivity contribution is -0.141. The van der Waals surface area contributed by atoms with Crippen LogP contribution in [0.25, 0.3) is 11.1 Å². The Morgan fingerprint density at radius 2 is 1.89 bits per heavy atom. The Labute approximate surface area is 158 Å². The number of hydrogen-bond donors (Lipinski definition) is 2. The van der Waals surface area contributed by atoms with Gasteiger partial charge in [-0.2, -0.15) is 13.2 Å². The van der Waals surface area contributed by atoms with Gasteiger partial charge in [-0.15, -0.1) is 0 Å². The molecule has 144 valence electrons. The Bertz CT molecular complexity index is 1000. The third-order valence-corrected chi connectivity index (χ3v) is 3.77. The smallest absolute Gasteiger partial charge is 0.433 e. The van der Waals surface area contributed by atoms with Crippen LogP contribution >= 0.6 is 0 Å². The lowest BCUT2D eigenvalue weighted by atomic mass is 10.0. The number of nitrogens with zero attached hydrogens (tertiary/aromatic N) is 3. The quantitative estimate of drug-likeness (QED) is 0.680. The van der Waals surface area contributed by atoms with Gasteiger partial charge in [0.1, 0.15) is 5.69 Å². The monoisotopic (exact) mass is 388 g/mol. The van der Waals surface area contributed by atoms with Gasteiger partial charge < -0.3 is 10.4 Å². The van der Waals surface area contributed by atoms with Crippen molar-refractivity contribution in [3.05, 3.63) is 65.7 Å². The highest BCUT2D eigenvalue weighted by Crippen LogP contribution is 2.29. The maximum Gasteiger partial charge on any atom is 0.433 e. The number of hydrogen-bond acceptors (Lipinski definition) is 5. The average molecular weight is 388 g/mol. The van der Waals surface area contributed by atoms with E-state index in [1.54, 1.807) is 30.5 Å². The number of aryl methyl sites for hydroxylation is 1. The highest BCUT2D eigenvalue weighted by molar-refractivity contribution is 5.72. The number of carboxylic acids is 1. The molecule has 3 rings (SSSR count). The molecule has 0 aliphatic heterocycles. The minimum atomic E-state index is -4.56. The van der Waals surface area contributed by atoms with Crippen molar-refractivity contribution in [3.8, 4) is 11.1 Å². The van der Waals surface area contributed by atoms with Crippen LogP contribution < -0.4 is 5.32 Å². The largest absolute Gasteiger partial charge is 0.481 e. The van der Waals surface area contributed by atoms with Crippen LogP contribution in [0.2, 0.25) is 0 Å². The molecule has 0 fully saturated rings. The number of rotatable bonds is 5. The molecule has 0 spiro atoms.